The van der Waals surface area contributed by atoms with Gasteiger partial charge in [0.05, 0.1) is 19.0 Å². The van der Waals surface area contributed by atoms with E-state index in [1.165, 1.54) is 19.3 Å². The Morgan fingerprint density at radius 2 is 1.97 bits per heavy atom. The van der Waals surface area contributed by atoms with Gasteiger partial charge < -0.3 is 26.9 Å². The Kier molecular flexibility index (Phi) is 10.8. The molecule has 0 aliphatic heterocycles. The lowest BCUT2D eigenvalue weighted by Crippen LogP contribution is -2.49. The Bertz CT molecular complexity index is 915. The van der Waals surface area contributed by atoms with Crippen molar-refractivity contribution in [1.82, 2.24) is 19.8 Å². The molecule has 1 aromatic heterocycles. The van der Waals surface area contributed by atoms with E-state index in [0.29, 0.717) is 0 Å². The topological polar surface area (TPSA) is 181 Å². The maximum Gasteiger partial charge on any atom is 0.305 e. The molecule has 0 aliphatic carbocycles. The summed E-state index contributed by atoms with van der Waals surface area (Å²) < 4.78 is 1.16. The van der Waals surface area contributed by atoms with Crippen molar-refractivity contribution >= 4 is 29.2 Å². The first-order valence-corrected chi connectivity index (χ1v) is 10.7. The van der Waals surface area contributed by atoms with Crippen LogP contribution in [0.3, 0.4) is 0 Å². The van der Waals surface area contributed by atoms with E-state index < -0.39 is 47.8 Å². The summed E-state index contributed by atoms with van der Waals surface area (Å²) in [6, 6.07) is -3.03. The minimum Gasteiger partial charge on any atom is -0.668 e. The Hall–Kier alpha value is -3.12. The molecule has 184 valence electrons. The maximum absolute atomic E-state index is 13.0. The predicted octanol–water partition coefficient (Wildman–Crippen LogP) is 0.936. The molecule has 3 atom stereocenters. The van der Waals surface area contributed by atoms with Gasteiger partial charge in [-0.15, -0.1) is 0 Å². The first-order valence-electron chi connectivity index (χ1n) is 10.7. The molecule has 1 rings (SSSR count). The number of anilines is 1. The third-order valence-corrected chi connectivity index (χ3v) is 5.26. The summed E-state index contributed by atoms with van der Waals surface area (Å²) in [5.74, 6) is -2.39. The minimum absolute atomic E-state index is 0.00311. The van der Waals surface area contributed by atoms with Crippen molar-refractivity contribution in [3.05, 3.63) is 28.5 Å². The molecule has 3 unspecified atom stereocenters. The van der Waals surface area contributed by atoms with Crippen molar-refractivity contribution in [3.8, 4) is 0 Å². The van der Waals surface area contributed by atoms with Gasteiger partial charge in [0.1, 0.15) is 6.04 Å². The Balaban J connectivity index is 3.09. The van der Waals surface area contributed by atoms with Crippen LogP contribution in [0.15, 0.2) is 17.2 Å². The van der Waals surface area contributed by atoms with Crippen LogP contribution in [-0.2, 0) is 14.4 Å². The Morgan fingerprint density at radius 1 is 1.33 bits per heavy atom. The van der Waals surface area contributed by atoms with Gasteiger partial charge >= 0.3 is 5.97 Å². The molecular weight excluding hydrogens is 430 g/mol. The smallest absolute Gasteiger partial charge is 0.305 e. The van der Waals surface area contributed by atoms with Crippen molar-refractivity contribution in [2.75, 3.05) is 25.5 Å². The van der Waals surface area contributed by atoms with Crippen molar-refractivity contribution in [2.24, 2.45) is 0 Å². The number of hydrogen-bond acceptors (Lipinski definition) is 8. The second kappa shape index (κ2) is 12.8. The highest BCUT2D eigenvalue weighted by Crippen LogP contribution is 2.12. The number of rotatable bonds is 14. The SMILES string of the molecule is CCC(C(=O)NC(CC(=O)O)C(=O)CN(C)C(C)C)n1ccnc(NCC([NH-])C(C)=N)c1=O. The van der Waals surface area contributed by atoms with Gasteiger partial charge in [-0.05, 0) is 40.0 Å². The molecule has 1 heterocycles. The molecule has 5 N–H and O–H groups in total. The summed E-state index contributed by atoms with van der Waals surface area (Å²) in [4.78, 5) is 55.5. The van der Waals surface area contributed by atoms with Crippen LogP contribution < -0.4 is 16.2 Å². The van der Waals surface area contributed by atoms with Gasteiger partial charge in [-0.3, -0.25) is 28.6 Å². The van der Waals surface area contributed by atoms with Crippen LogP contribution >= 0.6 is 0 Å². The van der Waals surface area contributed by atoms with E-state index in [4.69, 9.17) is 11.1 Å². The van der Waals surface area contributed by atoms with Crippen LogP contribution in [0.25, 0.3) is 5.73 Å². The molecule has 0 bridgehead atoms. The molecule has 0 aliphatic rings. The number of nitrogens with one attached hydrogen (secondary N) is 4. The number of carbonyl (C=O) groups excluding carboxylic acids is 2. The molecule has 12 heteroatoms. The number of aliphatic carboxylic acids is 1. The lowest BCUT2D eigenvalue weighted by Gasteiger charge is -2.25. The van der Waals surface area contributed by atoms with E-state index in [1.54, 1.807) is 18.9 Å². The zero-order valence-electron chi connectivity index (χ0n) is 19.7. The molecule has 33 heavy (non-hydrogen) atoms. The van der Waals surface area contributed by atoms with E-state index in [2.05, 4.69) is 15.6 Å². The molecule has 12 nitrogen and oxygen atoms in total. The molecule has 1 aromatic rings. The predicted molar refractivity (Wildman–Crippen MR) is 125 cm³/mol. The molecule has 0 aromatic carbocycles. The molecule has 0 radical (unpaired) electrons. The summed E-state index contributed by atoms with van der Waals surface area (Å²) in [7, 11) is 1.73. The minimum atomic E-state index is -1.24. The monoisotopic (exact) mass is 464 g/mol. The van der Waals surface area contributed by atoms with Gasteiger partial charge in [0.15, 0.2) is 11.6 Å². The van der Waals surface area contributed by atoms with Crippen molar-refractivity contribution < 1.29 is 19.5 Å². The fourth-order valence-electron chi connectivity index (χ4n) is 2.88. The maximum atomic E-state index is 13.0. The van der Waals surface area contributed by atoms with Gasteiger partial charge in [-0.25, -0.2) is 4.98 Å². The Labute approximate surface area is 193 Å². The van der Waals surface area contributed by atoms with E-state index in [1.807, 2.05) is 13.8 Å². The van der Waals surface area contributed by atoms with E-state index in [9.17, 15) is 24.3 Å². The van der Waals surface area contributed by atoms with Gasteiger partial charge in [-0.2, -0.15) is 0 Å². The normalized spacial score (nSPS) is 13.9. The summed E-state index contributed by atoms with van der Waals surface area (Å²) in [6.07, 6.45) is 2.30. The third kappa shape index (κ3) is 8.39. The van der Waals surface area contributed by atoms with Gasteiger partial charge in [0, 0.05) is 25.0 Å². The molecule has 0 spiro atoms. The van der Waals surface area contributed by atoms with Crippen LogP contribution in [-0.4, -0.2) is 81.2 Å². The fraction of sp³-hybridized carbons (Fsp3) is 0.619. The van der Waals surface area contributed by atoms with Gasteiger partial charge in [0.2, 0.25) is 5.91 Å². The lowest BCUT2D eigenvalue weighted by atomic mass is 10.1. The number of nitrogens with zero attached hydrogens (tertiary/aromatic N) is 3. The largest absolute Gasteiger partial charge is 0.668 e. The number of carboxylic acid groups (broad SMARTS) is 1. The van der Waals surface area contributed by atoms with Crippen molar-refractivity contribution in [3.63, 3.8) is 0 Å². The van der Waals surface area contributed by atoms with Crippen LogP contribution in [0.1, 0.15) is 46.6 Å². The third-order valence-electron chi connectivity index (χ3n) is 5.26. The van der Waals surface area contributed by atoms with Crippen LogP contribution in [0.4, 0.5) is 5.82 Å². The number of carboxylic acids is 1. The highest BCUT2D eigenvalue weighted by Gasteiger charge is 2.29. The highest BCUT2D eigenvalue weighted by atomic mass is 16.4. The van der Waals surface area contributed by atoms with Crippen LogP contribution in [0, 0.1) is 5.41 Å². The number of hydrogen-bond donors (Lipinski definition) is 4. The standard InChI is InChI=1S/C21H34N7O5/c1-6-16(28-8-7-24-19(21(28)33)25-10-14(23)13(4)22)20(32)26-15(9-18(30)31)17(29)11-27(5)12(2)3/h7-8,12,14-16,22-23H,6,9-11H2,1-5H3,(H,24,25)(H,26,32)(H,30,31)/q-1. The van der Waals surface area contributed by atoms with E-state index >= 15 is 0 Å². The molecule has 0 saturated carbocycles. The zero-order valence-corrected chi connectivity index (χ0v) is 19.7. The van der Waals surface area contributed by atoms with E-state index in [-0.39, 0.29) is 37.1 Å². The zero-order chi connectivity index (χ0) is 25.3. The first kappa shape index (κ1) is 27.9. The molecule has 1 amide bonds. The Morgan fingerprint density at radius 3 is 2.48 bits per heavy atom. The molecule has 0 saturated heterocycles. The summed E-state index contributed by atoms with van der Waals surface area (Å²) >= 11 is 0. The number of aromatic nitrogens is 2. The van der Waals surface area contributed by atoms with Crippen molar-refractivity contribution in [1.29, 1.82) is 5.41 Å². The summed E-state index contributed by atoms with van der Waals surface area (Å²) in [6.45, 7) is 6.92. The van der Waals surface area contributed by atoms with Crippen LogP contribution in [0.5, 0.6) is 0 Å². The fourth-order valence-corrected chi connectivity index (χ4v) is 2.88. The molecular formula is C21H34N7O5-. The lowest BCUT2D eigenvalue weighted by molar-refractivity contribution is -0.140. The number of carbonyl (C=O) groups is 3. The first-order chi connectivity index (χ1) is 15.4. The number of ketones is 1. The second-order valence-corrected chi connectivity index (χ2v) is 8.16. The highest BCUT2D eigenvalue weighted by molar-refractivity contribution is 5.94. The number of Topliss-reactive ketones (excluding diaryl/α,β-unsaturated/α-hetero) is 1. The van der Waals surface area contributed by atoms with Gasteiger partial charge in [0.25, 0.3) is 5.56 Å². The quantitative estimate of drug-likeness (QED) is 0.293. The van der Waals surface area contributed by atoms with Crippen LogP contribution in [0.2, 0.25) is 0 Å². The average Bonchev–Trinajstić information content (AvgIpc) is 2.73. The van der Waals surface area contributed by atoms with E-state index in [0.717, 1.165) is 4.57 Å². The summed E-state index contributed by atoms with van der Waals surface area (Å²) in [5, 5.41) is 21.9. The summed E-state index contributed by atoms with van der Waals surface area (Å²) in [5.41, 5.74) is 7.29. The van der Waals surface area contributed by atoms with Gasteiger partial charge in [-0.1, -0.05) is 13.0 Å². The molecule has 0 fully saturated rings. The number of likely N-dealkylation sites (N-methyl/N-ethyl adjacent to an activating group) is 1. The second-order valence-electron chi connectivity index (χ2n) is 8.16. The average molecular weight is 465 g/mol. The van der Waals surface area contributed by atoms with Crippen molar-refractivity contribution in [2.45, 2.75) is 64.7 Å². The number of amides is 1.